The Hall–Kier alpha value is -1.47. The summed E-state index contributed by atoms with van der Waals surface area (Å²) < 4.78 is 0. The molecule has 0 bridgehead atoms. The second-order valence-corrected chi connectivity index (χ2v) is 4.11. The molecule has 1 nitrogen and oxygen atoms in total. The van der Waals surface area contributed by atoms with Crippen LogP contribution < -0.4 is 5.32 Å². The molecule has 76 valence electrons. The van der Waals surface area contributed by atoms with Gasteiger partial charge in [-0.3, -0.25) is 0 Å². The normalized spacial score (nSPS) is 14.0. The predicted octanol–water partition coefficient (Wildman–Crippen LogP) is 4.24. The molecule has 15 heavy (non-hydrogen) atoms. The molecule has 0 saturated heterocycles. The number of allylic oxidation sites excluding steroid dienone is 1. The van der Waals surface area contributed by atoms with E-state index in [1.807, 2.05) is 25.1 Å². The van der Waals surface area contributed by atoms with Crippen LogP contribution in [0.1, 0.15) is 12.5 Å². The van der Waals surface area contributed by atoms with Crippen LogP contribution in [0.4, 0.5) is 5.69 Å². The Kier molecular flexibility index (Phi) is 2.41. The van der Waals surface area contributed by atoms with Crippen molar-refractivity contribution in [3.63, 3.8) is 0 Å². The molecule has 0 amide bonds. The van der Waals surface area contributed by atoms with Gasteiger partial charge in [-0.1, -0.05) is 24.8 Å². The van der Waals surface area contributed by atoms with Gasteiger partial charge in [-0.05, 0) is 36.8 Å². The highest BCUT2D eigenvalue weighted by molar-refractivity contribution is 6.30. The van der Waals surface area contributed by atoms with Crippen molar-refractivity contribution in [1.82, 2.24) is 0 Å². The summed E-state index contributed by atoms with van der Waals surface area (Å²) in [5, 5.41) is 3.97. The van der Waals surface area contributed by atoms with Crippen molar-refractivity contribution in [1.29, 1.82) is 0 Å². The van der Waals surface area contributed by atoms with Gasteiger partial charge < -0.3 is 5.32 Å². The smallest absolute Gasteiger partial charge is 0.0459 e. The minimum Gasteiger partial charge on any atom is -0.355 e. The van der Waals surface area contributed by atoms with E-state index in [0.717, 1.165) is 33.1 Å². The number of nitrogens with one attached hydrogen (secondary N) is 1. The summed E-state index contributed by atoms with van der Waals surface area (Å²) in [7, 11) is 0. The number of fused-ring (bicyclic) bond motifs is 1. The van der Waals surface area contributed by atoms with Crippen molar-refractivity contribution in [3.05, 3.63) is 58.8 Å². The SMILES string of the molecule is C=C(C)C1=Cc2cc(Cl)ccc2NC1=C. The maximum absolute atomic E-state index is 5.94. The van der Waals surface area contributed by atoms with Gasteiger partial charge in [0.25, 0.3) is 0 Å². The Labute approximate surface area is 94.8 Å². The Morgan fingerprint density at radius 3 is 2.80 bits per heavy atom. The fourth-order valence-electron chi connectivity index (χ4n) is 1.62. The van der Waals surface area contributed by atoms with E-state index in [-0.39, 0.29) is 0 Å². The van der Waals surface area contributed by atoms with Crippen molar-refractivity contribution < 1.29 is 0 Å². The van der Waals surface area contributed by atoms with Crippen molar-refractivity contribution >= 4 is 23.4 Å². The van der Waals surface area contributed by atoms with Crippen LogP contribution in [0, 0.1) is 0 Å². The molecule has 1 aromatic carbocycles. The first-order valence-electron chi connectivity index (χ1n) is 4.71. The van der Waals surface area contributed by atoms with Crippen LogP contribution in [0.5, 0.6) is 0 Å². The van der Waals surface area contributed by atoms with Gasteiger partial charge in [-0.15, -0.1) is 0 Å². The molecule has 0 fully saturated rings. The number of hydrogen-bond donors (Lipinski definition) is 1. The number of anilines is 1. The summed E-state index contributed by atoms with van der Waals surface area (Å²) in [6, 6.07) is 5.74. The molecule has 0 saturated carbocycles. The molecule has 1 N–H and O–H groups in total. The summed E-state index contributed by atoms with van der Waals surface area (Å²) in [6.07, 6.45) is 2.06. The quantitative estimate of drug-likeness (QED) is 0.742. The lowest BCUT2D eigenvalue weighted by Gasteiger charge is -2.21. The van der Waals surface area contributed by atoms with Gasteiger partial charge in [0.2, 0.25) is 0 Å². The number of benzene rings is 1. The molecule has 1 aliphatic heterocycles. The van der Waals surface area contributed by atoms with E-state index in [1.165, 1.54) is 0 Å². The number of rotatable bonds is 1. The first-order chi connectivity index (χ1) is 7.08. The predicted molar refractivity (Wildman–Crippen MR) is 67.0 cm³/mol. The minimum atomic E-state index is 0.736. The lowest BCUT2D eigenvalue weighted by Crippen LogP contribution is -2.07. The second-order valence-electron chi connectivity index (χ2n) is 3.67. The highest BCUT2D eigenvalue weighted by atomic mass is 35.5. The van der Waals surface area contributed by atoms with E-state index >= 15 is 0 Å². The van der Waals surface area contributed by atoms with Crippen LogP contribution in [-0.4, -0.2) is 0 Å². The maximum Gasteiger partial charge on any atom is 0.0459 e. The Balaban J connectivity index is 2.56. The largest absolute Gasteiger partial charge is 0.355 e. The summed E-state index contributed by atoms with van der Waals surface area (Å²) in [4.78, 5) is 0. The zero-order valence-corrected chi connectivity index (χ0v) is 9.36. The molecule has 0 aliphatic carbocycles. The minimum absolute atomic E-state index is 0.736. The molecule has 2 heteroatoms. The van der Waals surface area contributed by atoms with E-state index in [0.29, 0.717) is 0 Å². The molecule has 0 atom stereocenters. The topological polar surface area (TPSA) is 12.0 Å². The van der Waals surface area contributed by atoms with E-state index in [1.54, 1.807) is 0 Å². The molecular weight excluding hydrogens is 206 g/mol. The molecule has 1 aliphatic rings. The first kappa shape index (κ1) is 10.1. The van der Waals surface area contributed by atoms with Crippen molar-refractivity contribution in [2.75, 3.05) is 5.32 Å². The van der Waals surface area contributed by atoms with E-state index < -0.39 is 0 Å². The summed E-state index contributed by atoms with van der Waals surface area (Å²) in [5.41, 5.74) is 5.04. The average molecular weight is 218 g/mol. The van der Waals surface area contributed by atoms with Gasteiger partial charge in [-0.2, -0.15) is 0 Å². The first-order valence-corrected chi connectivity index (χ1v) is 5.09. The molecule has 0 radical (unpaired) electrons. The Morgan fingerprint density at radius 1 is 1.40 bits per heavy atom. The van der Waals surface area contributed by atoms with Crippen molar-refractivity contribution in [2.24, 2.45) is 0 Å². The fourth-order valence-corrected chi connectivity index (χ4v) is 1.80. The third-order valence-corrected chi connectivity index (χ3v) is 2.62. The second kappa shape index (κ2) is 3.59. The Bertz CT molecular complexity index is 483. The van der Waals surface area contributed by atoms with Crippen LogP contribution in [-0.2, 0) is 0 Å². The van der Waals surface area contributed by atoms with Gasteiger partial charge in [0.05, 0.1) is 0 Å². The highest BCUT2D eigenvalue weighted by Crippen LogP contribution is 2.32. The molecule has 0 aromatic heterocycles. The van der Waals surface area contributed by atoms with Crippen molar-refractivity contribution in [2.45, 2.75) is 6.92 Å². The standard InChI is InChI=1S/C13H12ClN/c1-8(2)12-7-10-6-11(14)4-5-13(10)15-9(12)3/h4-7,15H,1,3H2,2H3. The molecule has 0 unspecified atom stereocenters. The number of hydrogen-bond acceptors (Lipinski definition) is 1. The maximum atomic E-state index is 5.94. The van der Waals surface area contributed by atoms with E-state index in [2.05, 4.69) is 24.6 Å². The van der Waals surface area contributed by atoms with Gasteiger partial charge in [-0.25, -0.2) is 0 Å². The van der Waals surface area contributed by atoms with Gasteiger partial charge in [0.1, 0.15) is 0 Å². The van der Waals surface area contributed by atoms with Gasteiger partial charge in [0, 0.05) is 27.5 Å². The highest BCUT2D eigenvalue weighted by Gasteiger charge is 2.13. The zero-order chi connectivity index (χ0) is 11.0. The van der Waals surface area contributed by atoms with Crippen LogP contribution in [0.15, 0.2) is 48.2 Å². The van der Waals surface area contributed by atoms with E-state index in [9.17, 15) is 0 Å². The summed E-state index contributed by atoms with van der Waals surface area (Å²) in [5.74, 6) is 0. The fraction of sp³-hybridized carbons (Fsp3) is 0.0769. The molecule has 1 heterocycles. The average Bonchev–Trinajstić information content (AvgIpc) is 2.17. The molecule has 1 aromatic rings. The molecular formula is C13H12ClN. The number of halogens is 1. The monoisotopic (exact) mass is 217 g/mol. The van der Waals surface area contributed by atoms with E-state index in [4.69, 9.17) is 11.6 Å². The van der Waals surface area contributed by atoms with Gasteiger partial charge >= 0.3 is 0 Å². The molecule has 2 rings (SSSR count). The third-order valence-electron chi connectivity index (χ3n) is 2.38. The summed E-state index contributed by atoms with van der Waals surface area (Å²) >= 11 is 5.94. The lowest BCUT2D eigenvalue weighted by atomic mass is 9.98. The third kappa shape index (κ3) is 1.83. The Morgan fingerprint density at radius 2 is 2.13 bits per heavy atom. The van der Waals surface area contributed by atoms with Crippen LogP contribution in [0.25, 0.3) is 6.08 Å². The summed E-state index contributed by atoms with van der Waals surface area (Å²) in [6.45, 7) is 9.85. The van der Waals surface area contributed by atoms with Crippen LogP contribution >= 0.6 is 11.6 Å². The van der Waals surface area contributed by atoms with Crippen molar-refractivity contribution in [3.8, 4) is 0 Å². The van der Waals surface area contributed by atoms with Crippen LogP contribution in [0.2, 0.25) is 5.02 Å². The lowest BCUT2D eigenvalue weighted by molar-refractivity contribution is 1.33. The van der Waals surface area contributed by atoms with Crippen LogP contribution in [0.3, 0.4) is 0 Å². The van der Waals surface area contributed by atoms with Gasteiger partial charge in [0.15, 0.2) is 0 Å². The molecule has 0 spiro atoms. The zero-order valence-electron chi connectivity index (χ0n) is 8.60.